The zero-order valence-corrected chi connectivity index (χ0v) is 8.61. The molecule has 78 valence electrons. The van der Waals surface area contributed by atoms with Crippen molar-refractivity contribution in [2.24, 2.45) is 5.92 Å². The van der Waals surface area contributed by atoms with Gasteiger partial charge in [0.15, 0.2) is 0 Å². The second-order valence-corrected chi connectivity index (χ2v) is 4.15. The van der Waals surface area contributed by atoms with E-state index in [1.807, 2.05) is 6.92 Å². The van der Waals surface area contributed by atoms with E-state index >= 15 is 0 Å². The molecule has 1 aliphatic rings. The second kappa shape index (κ2) is 4.94. The number of aliphatic hydroxyl groups is 2. The predicted octanol–water partition coefficient (Wildman–Crippen LogP) is 0.460. The number of β-amino-alcohol motifs (C(OH)–C–C–N with tert-alkyl or cyclic N) is 2. The van der Waals surface area contributed by atoms with E-state index in [1.165, 1.54) is 0 Å². The third-order valence-electron chi connectivity index (χ3n) is 2.94. The average Bonchev–Trinajstić information content (AvgIpc) is 2.11. The normalized spacial score (nSPS) is 33.2. The highest BCUT2D eigenvalue weighted by atomic mass is 16.3. The molecular weight excluding hydrogens is 166 g/mol. The topological polar surface area (TPSA) is 43.7 Å². The molecule has 1 fully saturated rings. The molecule has 3 atom stereocenters. The molecule has 2 N–H and O–H groups in total. The lowest BCUT2D eigenvalue weighted by atomic mass is 9.96. The first-order valence-electron chi connectivity index (χ1n) is 5.22. The SMILES string of the molecule is CCC(O)CN1CCC(C)C(O)C1. The van der Waals surface area contributed by atoms with Crippen LogP contribution in [-0.2, 0) is 0 Å². The first-order valence-corrected chi connectivity index (χ1v) is 5.22. The fourth-order valence-electron chi connectivity index (χ4n) is 1.71. The molecule has 1 heterocycles. The smallest absolute Gasteiger partial charge is 0.0693 e. The Balaban J connectivity index is 2.29. The fourth-order valence-corrected chi connectivity index (χ4v) is 1.71. The summed E-state index contributed by atoms with van der Waals surface area (Å²) in [6, 6.07) is 0. The van der Waals surface area contributed by atoms with E-state index < -0.39 is 0 Å². The van der Waals surface area contributed by atoms with Crippen LogP contribution in [-0.4, -0.2) is 47.0 Å². The summed E-state index contributed by atoms with van der Waals surface area (Å²) in [5, 5.41) is 19.0. The monoisotopic (exact) mass is 187 g/mol. The Bertz CT molecular complexity index is 150. The van der Waals surface area contributed by atoms with E-state index in [-0.39, 0.29) is 12.2 Å². The van der Waals surface area contributed by atoms with Crippen molar-refractivity contribution in [2.45, 2.75) is 38.9 Å². The zero-order valence-electron chi connectivity index (χ0n) is 8.61. The molecule has 0 aromatic carbocycles. The van der Waals surface area contributed by atoms with Gasteiger partial charge < -0.3 is 10.2 Å². The third-order valence-corrected chi connectivity index (χ3v) is 2.94. The number of hydrogen-bond donors (Lipinski definition) is 2. The standard InChI is InChI=1S/C10H21NO2/c1-3-9(12)6-11-5-4-8(2)10(13)7-11/h8-10,12-13H,3-7H2,1-2H3. The van der Waals surface area contributed by atoms with Crippen LogP contribution in [0.5, 0.6) is 0 Å². The van der Waals surface area contributed by atoms with Crippen LogP contribution in [0.3, 0.4) is 0 Å². The first-order chi connectivity index (χ1) is 6.13. The van der Waals surface area contributed by atoms with Gasteiger partial charge in [0.2, 0.25) is 0 Å². The number of aliphatic hydroxyl groups excluding tert-OH is 2. The quantitative estimate of drug-likeness (QED) is 0.674. The molecular formula is C10H21NO2. The van der Waals surface area contributed by atoms with Gasteiger partial charge in [-0.3, -0.25) is 4.90 Å². The summed E-state index contributed by atoms with van der Waals surface area (Å²) in [5.41, 5.74) is 0. The van der Waals surface area contributed by atoms with Crippen molar-refractivity contribution in [1.29, 1.82) is 0 Å². The first kappa shape index (κ1) is 11.0. The van der Waals surface area contributed by atoms with E-state index in [0.717, 1.165) is 25.9 Å². The molecule has 3 unspecified atom stereocenters. The zero-order chi connectivity index (χ0) is 9.84. The largest absolute Gasteiger partial charge is 0.392 e. The van der Waals surface area contributed by atoms with Crippen molar-refractivity contribution in [3.05, 3.63) is 0 Å². The molecule has 0 spiro atoms. The van der Waals surface area contributed by atoms with Crippen LogP contribution in [0.4, 0.5) is 0 Å². The molecule has 1 rings (SSSR count). The average molecular weight is 187 g/mol. The van der Waals surface area contributed by atoms with Gasteiger partial charge in [-0.1, -0.05) is 13.8 Å². The molecule has 0 radical (unpaired) electrons. The van der Waals surface area contributed by atoms with Crippen LogP contribution in [0.1, 0.15) is 26.7 Å². The van der Waals surface area contributed by atoms with Crippen molar-refractivity contribution in [3.8, 4) is 0 Å². The molecule has 0 aromatic rings. The molecule has 13 heavy (non-hydrogen) atoms. The van der Waals surface area contributed by atoms with Gasteiger partial charge in [0, 0.05) is 13.1 Å². The van der Waals surface area contributed by atoms with Gasteiger partial charge >= 0.3 is 0 Å². The van der Waals surface area contributed by atoms with Crippen LogP contribution in [0.2, 0.25) is 0 Å². The summed E-state index contributed by atoms with van der Waals surface area (Å²) in [5.74, 6) is 0.412. The van der Waals surface area contributed by atoms with Gasteiger partial charge in [-0.05, 0) is 25.3 Å². The number of hydrogen-bond acceptors (Lipinski definition) is 3. The lowest BCUT2D eigenvalue weighted by Gasteiger charge is -2.35. The van der Waals surface area contributed by atoms with Crippen molar-refractivity contribution < 1.29 is 10.2 Å². The third kappa shape index (κ3) is 3.25. The maximum Gasteiger partial charge on any atom is 0.0693 e. The number of likely N-dealkylation sites (tertiary alicyclic amines) is 1. The summed E-state index contributed by atoms with van der Waals surface area (Å²) in [4.78, 5) is 2.15. The number of piperidine rings is 1. The molecule has 0 aliphatic carbocycles. The Hall–Kier alpha value is -0.120. The Kier molecular flexibility index (Phi) is 4.16. The second-order valence-electron chi connectivity index (χ2n) is 4.15. The molecule has 1 aliphatic heterocycles. The van der Waals surface area contributed by atoms with Gasteiger partial charge in [-0.2, -0.15) is 0 Å². The van der Waals surface area contributed by atoms with Crippen molar-refractivity contribution in [3.63, 3.8) is 0 Å². The van der Waals surface area contributed by atoms with Gasteiger partial charge in [0.25, 0.3) is 0 Å². The Morgan fingerprint density at radius 3 is 2.77 bits per heavy atom. The lowest BCUT2D eigenvalue weighted by molar-refractivity contribution is 0.00846. The minimum atomic E-state index is -0.236. The van der Waals surface area contributed by atoms with E-state index in [9.17, 15) is 10.2 Å². The van der Waals surface area contributed by atoms with Crippen molar-refractivity contribution >= 4 is 0 Å². The van der Waals surface area contributed by atoms with Gasteiger partial charge in [-0.15, -0.1) is 0 Å². The van der Waals surface area contributed by atoms with E-state index in [0.29, 0.717) is 12.5 Å². The van der Waals surface area contributed by atoms with E-state index in [4.69, 9.17) is 0 Å². The number of rotatable bonds is 3. The molecule has 0 aromatic heterocycles. The maximum atomic E-state index is 9.61. The van der Waals surface area contributed by atoms with Gasteiger partial charge in [0.1, 0.15) is 0 Å². The lowest BCUT2D eigenvalue weighted by Crippen LogP contribution is -2.45. The fraction of sp³-hybridized carbons (Fsp3) is 1.00. The van der Waals surface area contributed by atoms with Crippen LogP contribution in [0.25, 0.3) is 0 Å². The van der Waals surface area contributed by atoms with Gasteiger partial charge in [-0.25, -0.2) is 0 Å². The summed E-state index contributed by atoms with van der Waals surface area (Å²) in [6.07, 6.45) is 1.39. The molecule has 0 bridgehead atoms. The summed E-state index contributed by atoms with van der Waals surface area (Å²) in [7, 11) is 0. The summed E-state index contributed by atoms with van der Waals surface area (Å²) >= 11 is 0. The van der Waals surface area contributed by atoms with Crippen molar-refractivity contribution in [1.82, 2.24) is 4.90 Å². The Morgan fingerprint density at radius 1 is 1.54 bits per heavy atom. The highest BCUT2D eigenvalue weighted by molar-refractivity contribution is 4.78. The summed E-state index contributed by atoms with van der Waals surface area (Å²) in [6.45, 7) is 6.50. The highest BCUT2D eigenvalue weighted by Crippen LogP contribution is 2.17. The predicted molar refractivity (Wildman–Crippen MR) is 52.5 cm³/mol. The van der Waals surface area contributed by atoms with Crippen LogP contribution in [0.15, 0.2) is 0 Å². The van der Waals surface area contributed by atoms with Crippen LogP contribution >= 0.6 is 0 Å². The van der Waals surface area contributed by atoms with Crippen molar-refractivity contribution in [2.75, 3.05) is 19.6 Å². The van der Waals surface area contributed by atoms with Crippen LogP contribution < -0.4 is 0 Å². The Labute approximate surface area is 80.4 Å². The molecule has 0 amide bonds. The summed E-state index contributed by atoms with van der Waals surface area (Å²) < 4.78 is 0. The minimum Gasteiger partial charge on any atom is -0.392 e. The Morgan fingerprint density at radius 2 is 2.23 bits per heavy atom. The number of nitrogens with zero attached hydrogens (tertiary/aromatic N) is 1. The van der Waals surface area contributed by atoms with Crippen LogP contribution in [0, 0.1) is 5.92 Å². The molecule has 3 heteroatoms. The highest BCUT2D eigenvalue weighted by Gasteiger charge is 2.24. The molecule has 1 saturated heterocycles. The van der Waals surface area contributed by atoms with E-state index in [1.54, 1.807) is 0 Å². The molecule has 3 nitrogen and oxygen atoms in total. The van der Waals surface area contributed by atoms with E-state index in [2.05, 4.69) is 11.8 Å². The minimum absolute atomic E-state index is 0.210. The van der Waals surface area contributed by atoms with Gasteiger partial charge in [0.05, 0.1) is 12.2 Å². The maximum absolute atomic E-state index is 9.61. The molecule has 0 saturated carbocycles.